The number of nitro groups is 1. The number of carbonyl (C=O) groups is 1. The minimum absolute atomic E-state index is 0.0496. The van der Waals surface area contributed by atoms with Crippen LogP contribution in [0.2, 0.25) is 0 Å². The summed E-state index contributed by atoms with van der Waals surface area (Å²) in [5.74, 6) is 0.465. The Kier molecular flexibility index (Phi) is 5.58. The predicted octanol–water partition coefficient (Wildman–Crippen LogP) is 2.45. The van der Waals surface area contributed by atoms with E-state index >= 15 is 0 Å². The highest BCUT2D eigenvalue weighted by Gasteiger charge is 2.26. The van der Waals surface area contributed by atoms with Crippen molar-refractivity contribution >= 4 is 28.6 Å². The third kappa shape index (κ3) is 4.03. The highest BCUT2D eigenvalue weighted by molar-refractivity contribution is 5.95. The summed E-state index contributed by atoms with van der Waals surface area (Å²) in [6.07, 6.45) is 1.51. The summed E-state index contributed by atoms with van der Waals surface area (Å²) in [6, 6.07) is 14.6. The van der Waals surface area contributed by atoms with E-state index in [1.165, 1.54) is 12.4 Å². The van der Waals surface area contributed by atoms with Gasteiger partial charge in [0.15, 0.2) is 17.0 Å². The van der Waals surface area contributed by atoms with Crippen LogP contribution in [0.15, 0.2) is 54.9 Å². The molecule has 0 aliphatic carbocycles. The van der Waals surface area contributed by atoms with Crippen LogP contribution in [0.25, 0.3) is 11.2 Å². The maximum atomic E-state index is 13.0. The van der Waals surface area contributed by atoms with Gasteiger partial charge in [0.25, 0.3) is 11.6 Å². The lowest BCUT2D eigenvalue weighted by Crippen LogP contribution is -2.49. The standard InChI is InChI=1S/C23H22N8O3/c1-16-7-8-18(13-19(16)31(33)34)23(32)29-11-9-28(10-12-29)21-20-22(25-15-24-21)30(27-26-20)14-17-5-3-2-4-6-17/h2-8,13,15H,9-12,14H2,1H3. The molecule has 0 bridgehead atoms. The fourth-order valence-corrected chi connectivity index (χ4v) is 4.12. The zero-order valence-electron chi connectivity index (χ0n) is 18.5. The number of aryl methyl sites for hydroxylation is 1. The first kappa shape index (κ1) is 21.4. The minimum atomic E-state index is -0.463. The lowest BCUT2D eigenvalue weighted by Gasteiger charge is -2.35. The van der Waals surface area contributed by atoms with Gasteiger partial charge in [-0.1, -0.05) is 41.6 Å². The highest BCUT2D eigenvalue weighted by Crippen LogP contribution is 2.24. The number of anilines is 1. The Morgan fingerprint density at radius 2 is 1.82 bits per heavy atom. The zero-order chi connectivity index (χ0) is 23.7. The zero-order valence-corrected chi connectivity index (χ0v) is 18.5. The van der Waals surface area contributed by atoms with Gasteiger partial charge < -0.3 is 9.80 Å². The highest BCUT2D eigenvalue weighted by atomic mass is 16.6. The van der Waals surface area contributed by atoms with E-state index in [9.17, 15) is 14.9 Å². The summed E-state index contributed by atoms with van der Waals surface area (Å²) in [6.45, 7) is 4.24. The predicted molar refractivity (Wildman–Crippen MR) is 125 cm³/mol. The van der Waals surface area contributed by atoms with Crippen LogP contribution in [0, 0.1) is 17.0 Å². The molecule has 0 atom stereocenters. The monoisotopic (exact) mass is 458 g/mol. The number of rotatable bonds is 5. The average Bonchev–Trinajstić information content (AvgIpc) is 3.27. The Balaban J connectivity index is 1.31. The molecular weight excluding hydrogens is 436 g/mol. The van der Waals surface area contributed by atoms with Gasteiger partial charge in [0.05, 0.1) is 11.5 Å². The molecule has 11 heteroatoms. The number of nitro benzene ring substituents is 1. The van der Waals surface area contributed by atoms with Crippen molar-refractivity contribution in [1.29, 1.82) is 0 Å². The topological polar surface area (TPSA) is 123 Å². The molecule has 1 aliphatic heterocycles. The number of aromatic nitrogens is 5. The third-order valence-corrected chi connectivity index (χ3v) is 5.98. The molecule has 0 N–H and O–H groups in total. The van der Waals surface area contributed by atoms with Gasteiger partial charge in [0, 0.05) is 43.4 Å². The molecule has 1 amide bonds. The number of hydrogen-bond donors (Lipinski definition) is 0. The number of fused-ring (bicyclic) bond motifs is 1. The number of hydrogen-bond acceptors (Lipinski definition) is 8. The molecule has 3 heterocycles. The van der Waals surface area contributed by atoms with E-state index in [2.05, 4.69) is 25.2 Å². The van der Waals surface area contributed by atoms with Gasteiger partial charge in [-0.2, -0.15) is 0 Å². The summed E-state index contributed by atoms with van der Waals surface area (Å²) in [5, 5.41) is 19.8. The maximum absolute atomic E-state index is 13.0. The molecule has 11 nitrogen and oxygen atoms in total. The quantitative estimate of drug-likeness (QED) is 0.330. The summed E-state index contributed by atoms with van der Waals surface area (Å²) >= 11 is 0. The van der Waals surface area contributed by atoms with Crippen LogP contribution in [0.1, 0.15) is 21.5 Å². The molecule has 1 saturated heterocycles. The van der Waals surface area contributed by atoms with Gasteiger partial charge >= 0.3 is 0 Å². The van der Waals surface area contributed by atoms with Crippen molar-refractivity contribution < 1.29 is 9.72 Å². The van der Waals surface area contributed by atoms with Crippen LogP contribution in [0.5, 0.6) is 0 Å². The van der Waals surface area contributed by atoms with Gasteiger partial charge in [-0.25, -0.2) is 14.6 Å². The smallest absolute Gasteiger partial charge is 0.273 e. The largest absolute Gasteiger partial charge is 0.351 e. The van der Waals surface area contributed by atoms with E-state index in [0.29, 0.717) is 60.8 Å². The van der Waals surface area contributed by atoms with Crippen LogP contribution < -0.4 is 4.90 Å². The molecule has 0 unspecified atom stereocenters. The first-order valence-corrected chi connectivity index (χ1v) is 10.9. The van der Waals surface area contributed by atoms with Crippen molar-refractivity contribution in [3.63, 3.8) is 0 Å². The summed E-state index contributed by atoms with van der Waals surface area (Å²) in [5.41, 5.74) is 3.16. The Morgan fingerprint density at radius 1 is 1.06 bits per heavy atom. The van der Waals surface area contributed by atoms with Gasteiger partial charge in [0.1, 0.15) is 6.33 Å². The van der Waals surface area contributed by atoms with Crippen LogP contribution in [0.3, 0.4) is 0 Å². The molecule has 1 aliphatic rings. The van der Waals surface area contributed by atoms with Crippen LogP contribution >= 0.6 is 0 Å². The second-order valence-electron chi connectivity index (χ2n) is 8.14. The Hall–Kier alpha value is -4.41. The molecule has 172 valence electrons. The summed E-state index contributed by atoms with van der Waals surface area (Å²) in [7, 11) is 0. The molecule has 0 radical (unpaired) electrons. The van der Waals surface area contributed by atoms with Crippen LogP contribution in [-0.2, 0) is 6.54 Å². The van der Waals surface area contributed by atoms with E-state index in [-0.39, 0.29) is 11.6 Å². The van der Waals surface area contributed by atoms with E-state index in [1.807, 2.05) is 30.3 Å². The van der Waals surface area contributed by atoms with Crippen molar-refractivity contribution in [1.82, 2.24) is 29.9 Å². The lowest BCUT2D eigenvalue weighted by molar-refractivity contribution is -0.385. The fourth-order valence-electron chi connectivity index (χ4n) is 4.12. The number of carbonyl (C=O) groups excluding carboxylic acids is 1. The molecule has 4 aromatic rings. The number of piperazine rings is 1. The van der Waals surface area contributed by atoms with Gasteiger partial charge in [-0.05, 0) is 18.6 Å². The Labute approximate surface area is 194 Å². The van der Waals surface area contributed by atoms with Gasteiger partial charge in [-0.3, -0.25) is 14.9 Å². The van der Waals surface area contributed by atoms with Crippen molar-refractivity contribution in [2.24, 2.45) is 0 Å². The molecule has 0 spiro atoms. The Bertz CT molecular complexity index is 1360. The lowest BCUT2D eigenvalue weighted by atomic mass is 10.1. The molecule has 2 aromatic carbocycles. The number of benzene rings is 2. The normalized spacial score (nSPS) is 13.9. The maximum Gasteiger partial charge on any atom is 0.273 e. The number of amides is 1. The van der Waals surface area contributed by atoms with Crippen LogP contribution in [0.4, 0.5) is 11.5 Å². The average molecular weight is 458 g/mol. The summed E-state index contributed by atoms with van der Waals surface area (Å²) in [4.78, 5) is 36.3. The van der Waals surface area contributed by atoms with Gasteiger partial charge in [0.2, 0.25) is 0 Å². The fraction of sp³-hybridized carbons (Fsp3) is 0.261. The van der Waals surface area contributed by atoms with E-state index < -0.39 is 4.92 Å². The first-order valence-electron chi connectivity index (χ1n) is 10.9. The minimum Gasteiger partial charge on any atom is -0.351 e. The SMILES string of the molecule is Cc1ccc(C(=O)N2CCN(c3ncnc4c3nnn4Cc3ccccc3)CC2)cc1[N+](=O)[O-]. The second-order valence-corrected chi connectivity index (χ2v) is 8.14. The van der Waals surface area contributed by atoms with E-state index in [4.69, 9.17) is 0 Å². The summed E-state index contributed by atoms with van der Waals surface area (Å²) < 4.78 is 1.75. The van der Waals surface area contributed by atoms with Crippen molar-refractivity contribution in [3.05, 3.63) is 81.7 Å². The molecule has 1 fully saturated rings. The van der Waals surface area contributed by atoms with E-state index in [0.717, 1.165) is 5.56 Å². The van der Waals surface area contributed by atoms with Gasteiger partial charge in [-0.15, -0.1) is 5.10 Å². The van der Waals surface area contributed by atoms with Crippen molar-refractivity contribution in [2.45, 2.75) is 13.5 Å². The van der Waals surface area contributed by atoms with Crippen molar-refractivity contribution in [3.8, 4) is 0 Å². The first-order chi connectivity index (χ1) is 16.5. The van der Waals surface area contributed by atoms with Crippen molar-refractivity contribution in [2.75, 3.05) is 31.1 Å². The van der Waals surface area contributed by atoms with E-state index in [1.54, 1.807) is 28.6 Å². The second kappa shape index (κ2) is 8.85. The third-order valence-electron chi connectivity index (χ3n) is 5.98. The molecule has 2 aromatic heterocycles. The van der Waals surface area contributed by atoms with Crippen LogP contribution in [-0.4, -0.2) is 66.9 Å². The molecule has 0 saturated carbocycles. The molecule has 5 rings (SSSR count). The molecular formula is C23H22N8O3. The molecule has 34 heavy (non-hydrogen) atoms. The number of nitrogens with zero attached hydrogens (tertiary/aromatic N) is 8. The Morgan fingerprint density at radius 3 is 2.56 bits per heavy atom.